The summed E-state index contributed by atoms with van der Waals surface area (Å²) in [4.78, 5) is 9.66. The van der Waals surface area contributed by atoms with Crippen molar-refractivity contribution in [3.05, 3.63) is 10.9 Å². The van der Waals surface area contributed by atoms with Gasteiger partial charge in [-0.2, -0.15) is 18.2 Å². The lowest BCUT2D eigenvalue weighted by Crippen LogP contribution is -2.31. The maximum Gasteiger partial charge on any atom is 0.425 e. The molecule has 0 radical (unpaired) electrons. The summed E-state index contributed by atoms with van der Waals surface area (Å²) in [6.45, 7) is 2.80. The Morgan fingerprint density at radius 1 is 1.37 bits per heavy atom. The Kier molecular flexibility index (Phi) is 3.53. The second kappa shape index (κ2) is 4.84. The van der Waals surface area contributed by atoms with Crippen LogP contribution in [0.5, 0.6) is 5.88 Å². The Balaban J connectivity index is 2.46. The van der Waals surface area contributed by atoms with Crippen molar-refractivity contribution in [2.24, 2.45) is 0 Å². The van der Waals surface area contributed by atoms with Gasteiger partial charge in [-0.05, 0) is 19.9 Å². The second-order valence-electron chi connectivity index (χ2n) is 3.98. The zero-order chi connectivity index (χ0) is 14.2. The van der Waals surface area contributed by atoms with Crippen LogP contribution in [-0.4, -0.2) is 29.3 Å². The number of aromatic nitrogens is 2. The van der Waals surface area contributed by atoms with Crippen molar-refractivity contribution in [3.63, 3.8) is 0 Å². The van der Waals surface area contributed by atoms with Gasteiger partial charge in [-0.3, -0.25) is 0 Å². The summed E-state index contributed by atoms with van der Waals surface area (Å²) in [5.41, 5.74) is 0. The maximum absolute atomic E-state index is 12.5. The molecule has 2 aromatic rings. The van der Waals surface area contributed by atoms with E-state index in [0.717, 1.165) is 11.8 Å². The maximum atomic E-state index is 12.5. The van der Waals surface area contributed by atoms with Gasteiger partial charge >= 0.3 is 6.18 Å². The van der Waals surface area contributed by atoms with E-state index >= 15 is 0 Å². The first-order valence-corrected chi connectivity index (χ1v) is 6.32. The summed E-state index contributed by atoms with van der Waals surface area (Å²) < 4.78 is 42.6. The molecule has 1 unspecified atom stereocenters. The van der Waals surface area contributed by atoms with Crippen molar-refractivity contribution >= 4 is 27.5 Å². The molecule has 4 nitrogen and oxygen atoms in total. The Bertz CT molecular complexity index is 597. The van der Waals surface area contributed by atoms with E-state index in [1.54, 1.807) is 13.1 Å². The van der Waals surface area contributed by atoms with Gasteiger partial charge in [0.2, 0.25) is 11.8 Å². The number of rotatable bonds is 3. The lowest BCUT2D eigenvalue weighted by atomic mass is 10.3. The Morgan fingerprint density at radius 3 is 2.63 bits per heavy atom. The van der Waals surface area contributed by atoms with E-state index in [1.807, 2.05) is 6.92 Å². The topological polar surface area (TPSA) is 47.0 Å². The van der Waals surface area contributed by atoms with Crippen LogP contribution in [0.25, 0.3) is 10.2 Å². The zero-order valence-corrected chi connectivity index (χ0v) is 11.3. The van der Waals surface area contributed by atoms with E-state index < -0.39 is 12.3 Å². The van der Waals surface area contributed by atoms with E-state index in [1.165, 1.54) is 11.3 Å². The smallest absolute Gasteiger partial charge is 0.425 e. The van der Waals surface area contributed by atoms with Crippen LogP contribution < -0.4 is 10.1 Å². The van der Waals surface area contributed by atoms with E-state index in [0.29, 0.717) is 10.2 Å². The van der Waals surface area contributed by atoms with Crippen LogP contribution in [0.1, 0.15) is 11.8 Å². The minimum Gasteiger partial charge on any atom is -0.464 e. The summed E-state index contributed by atoms with van der Waals surface area (Å²) in [5, 5.41) is 3.20. The van der Waals surface area contributed by atoms with Gasteiger partial charge in [-0.25, -0.2) is 4.98 Å². The summed E-state index contributed by atoms with van der Waals surface area (Å²) >= 11 is 1.38. The number of thiophene rings is 1. The average Bonchev–Trinajstić information content (AvgIpc) is 2.68. The predicted octanol–water partition coefficient (Wildman–Crippen LogP) is 3.37. The number of aryl methyl sites for hydroxylation is 1. The number of anilines is 1. The third kappa shape index (κ3) is 2.89. The van der Waals surface area contributed by atoms with Crippen molar-refractivity contribution in [1.82, 2.24) is 9.97 Å². The molecule has 2 heterocycles. The molecule has 19 heavy (non-hydrogen) atoms. The molecule has 0 aliphatic carbocycles. The van der Waals surface area contributed by atoms with Crippen LogP contribution in [0, 0.1) is 6.92 Å². The average molecular weight is 291 g/mol. The molecule has 0 amide bonds. The van der Waals surface area contributed by atoms with Gasteiger partial charge < -0.3 is 10.1 Å². The minimum absolute atomic E-state index is 0.0523. The fraction of sp³-hybridized carbons (Fsp3) is 0.455. The standard InChI is InChI=1S/C11H12F3N3OS/c1-5-4-7-8(18-6(2)11(12,13)14)16-10(15-3)17-9(7)19-5/h4,6H,1-3H3,(H,15,16,17). The van der Waals surface area contributed by atoms with Gasteiger partial charge in [0.1, 0.15) is 4.83 Å². The zero-order valence-electron chi connectivity index (χ0n) is 10.5. The van der Waals surface area contributed by atoms with Gasteiger partial charge in [0.25, 0.3) is 0 Å². The summed E-state index contributed by atoms with van der Waals surface area (Å²) in [6.07, 6.45) is -6.35. The number of hydrogen-bond donors (Lipinski definition) is 1. The number of nitrogens with one attached hydrogen (secondary N) is 1. The second-order valence-corrected chi connectivity index (χ2v) is 5.21. The van der Waals surface area contributed by atoms with Crippen LogP contribution in [0.3, 0.4) is 0 Å². The number of ether oxygens (including phenoxy) is 1. The Morgan fingerprint density at radius 2 is 2.05 bits per heavy atom. The molecular weight excluding hydrogens is 279 g/mol. The molecule has 0 aliphatic rings. The lowest BCUT2D eigenvalue weighted by molar-refractivity contribution is -0.189. The molecule has 2 rings (SSSR count). The molecule has 0 aliphatic heterocycles. The quantitative estimate of drug-likeness (QED) is 0.942. The van der Waals surface area contributed by atoms with Gasteiger partial charge in [0.05, 0.1) is 5.39 Å². The Hall–Kier alpha value is -1.57. The van der Waals surface area contributed by atoms with E-state index in [2.05, 4.69) is 15.3 Å². The van der Waals surface area contributed by atoms with E-state index in [-0.39, 0.29) is 11.8 Å². The predicted molar refractivity (Wildman–Crippen MR) is 67.8 cm³/mol. The van der Waals surface area contributed by atoms with Crippen LogP contribution in [0.4, 0.5) is 19.1 Å². The molecule has 0 saturated carbocycles. The molecule has 1 N–H and O–H groups in total. The summed E-state index contributed by atoms with van der Waals surface area (Å²) in [6, 6.07) is 1.72. The van der Waals surface area contributed by atoms with Crippen LogP contribution in [0.2, 0.25) is 0 Å². The SMILES string of the molecule is CNc1nc(OC(C)C(F)(F)F)c2cc(C)sc2n1. The first-order valence-electron chi connectivity index (χ1n) is 5.50. The first-order chi connectivity index (χ1) is 8.81. The number of hydrogen-bond acceptors (Lipinski definition) is 5. The highest BCUT2D eigenvalue weighted by Gasteiger charge is 2.38. The summed E-state index contributed by atoms with van der Waals surface area (Å²) in [7, 11) is 1.60. The van der Waals surface area contributed by atoms with Crippen molar-refractivity contribution < 1.29 is 17.9 Å². The molecular formula is C11H12F3N3OS. The highest BCUT2D eigenvalue weighted by Crippen LogP contribution is 2.33. The largest absolute Gasteiger partial charge is 0.464 e. The number of nitrogens with zero attached hydrogens (tertiary/aromatic N) is 2. The lowest BCUT2D eigenvalue weighted by Gasteiger charge is -2.17. The molecule has 8 heteroatoms. The highest BCUT2D eigenvalue weighted by atomic mass is 32.1. The third-order valence-corrected chi connectivity index (χ3v) is 3.40. The fourth-order valence-electron chi connectivity index (χ4n) is 1.45. The molecule has 2 aromatic heterocycles. The van der Waals surface area contributed by atoms with Crippen molar-refractivity contribution in [2.45, 2.75) is 26.1 Å². The third-order valence-electron chi connectivity index (χ3n) is 2.45. The Labute approximate surface area is 111 Å². The highest BCUT2D eigenvalue weighted by molar-refractivity contribution is 7.18. The molecule has 0 spiro atoms. The van der Waals surface area contributed by atoms with E-state index in [4.69, 9.17) is 4.74 Å². The van der Waals surface area contributed by atoms with Gasteiger partial charge in [-0.1, -0.05) is 0 Å². The molecule has 0 fully saturated rings. The molecule has 0 aromatic carbocycles. The minimum atomic E-state index is -4.43. The van der Waals surface area contributed by atoms with Crippen molar-refractivity contribution in [1.29, 1.82) is 0 Å². The van der Waals surface area contributed by atoms with Crippen LogP contribution in [-0.2, 0) is 0 Å². The summed E-state index contributed by atoms with van der Waals surface area (Å²) in [5.74, 6) is 0.183. The molecule has 0 saturated heterocycles. The van der Waals surface area contributed by atoms with Crippen LogP contribution >= 0.6 is 11.3 Å². The van der Waals surface area contributed by atoms with Crippen molar-refractivity contribution in [3.8, 4) is 5.88 Å². The van der Waals surface area contributed by atoms with Gasteiger partial charge in [0.15, 0.2) is 6.10 Å². The van der Waals surface area contributed by atoms with E-state index in [9.17, 15) is 13.2 Å². The monoisotopic (exact) mass is 291 g/mol. The molecule has 0 bridgehead atoms. The van der Waals surface area contributed by atoms with Gasteiger partial charge in [-0.15, -0.1) is 11.3 Å². The number of fused-ring (bicyclic) bond motifs is 1. The molecule has 104 valence electrons. The van der Waals surface area contributed by atoms with Crippen LogP contribution in [0.15, 0.2) is 6.07 Å². The number of alkyl halides is 3. The van der Waals surface area contributed by atoms with Gasteiger partial charge in [0, 0.05) is 11.9 Å². The van der Waals surface area contributed by atoms with Crippen molar-refractivity contribution in [2.75, 3.05) is 12.4 Å². The fourth-order valence-corrected chi connectivity index (χ4v) is 2.32. The normalized spacial score (nSPS) is 13.6. The number of halogens is 3. The molecule has 1 atom stereocenters. The first kappa shape index (κ1) is 13.9.